The SMILES string of the molecule is Cc1cc(C(=O)Nc2cc(F)c(F)cc2F)sc1Br. The number of halogens is 4. The van der Waals surface area contributed by atoms with Gasteiger partial charge in [-0.1, -0.05) is 0 Å². The van der Waals surface area contributed by atoms with Crippen LogP contribution in [0.2, 0.25) is 0 Å². The topological polar surface area (TPSA) is 29.1 Å². The Morgan fingerprint density at radius 1 is 1.16 bits per heavy atom. The Labute approximate surface area is 119 Å². The minimum atomic E-state index is -1.30. The van der Waals surface area contributed by atoms with Crippen molar-refractivity contribution in [1.29, 1.82) is 0 Å². The highest BCUT2D eigenvalue weighted by atomic mass is 79.9. The van der Waals surface area contributed by atoms with Crippen LogP contribution in [0.25, 0.3) is 0 Å². The van der Waals surface area contributed by atoms with Gasteiger partial charge in [0.2, 0.25) is 0 Å². The highest BCUT2D eigenvalue weighted by Crippen LogP contribution is 2.28. The third-order valence-electron chi connectivity index (χ3n) is 2.34. The third kappa shape index (κ3) is 2.98. The molecule has 0 saturated heterocycles. The van der Waals surface area contributed by atoms with E-state index in [0.717, 1.165) is 9.35 Å². The zero-order chi connectivity index (χ0) is 14.2. The Morgan fingerprint density at radius 3 is 2.37 bits per heavy atom. The quantitative estimate of drug-likeness (QED) is 0.795. The zero-order valence-electron chi connectivity index (χ0n) is 9.56. The molecular formula is C12H7BrF3NOS. The van der Waals surface area contributed by atoms with Gasteiger partial charge in [-0.3, -0.25) is 4.79 Å². The number of rotatable bonds is 2. The number of aryl methyl sites for hydroxylation is 1. The molecule has 100 valence electrons. The lowest BCUT2D eigenvalue weighted by Crippen LogP contribution is -2.12. The maximum Gasteiger partial charge on any atom is 0.265 e. The molecule has 1 heterocycles. The normalized spacial score (nSPS) is 10.6. The van der Waals surface area contributed by atoms with Crippen molar-refractivity contribution in [2.75, 3.05) is 5.32 Å². The number of hydrogen-bond acceptors (Lipinski definition) is 2. The van der Waals surface area contributed by atoms with Gasteiger partial charge < -0.3 is 5.32 Å². The number of hydrogen-bond donors (Lipinski definition) is 1. The molecule has 1 aromatic carbocycles. The number of carbonyl (C=O) groups is 1. The summed E-state index contributed by atoms with van der Waals surface area (Å²) in [4.78, 5) is 12.2. The lowest BCUT2D eigenvalue weighted by molar-refractivity contribution is 0.103. The molecule has 2 nitrogen and oxygen atoms in total. The average Bonchev–Trinajstić information content (AvgIpc) is 2.67. The van der Waals surface area contributed by atoms with Crippen molar-refractivity contribution in [3.05, 3.63) is 49.9 Å². The van der Waals surface area contributed by atoms with Gasteiger partial charge in [0.25, 0.3) is 5.91 Å². The summed E-state index contributed by atoms with van der Waals surface area (Å²) in [6, 6.07) is 2.61. The fourth-order valence-electron chi connectivity index (χ4n) is 1.37. The molecule has 0 aliphatic carbocycles. The van der Waals surface area contributed by atoms with Crippen LogP contribution in [0.3, 0.4) is 0 Å². The minimum Gasteiger partial charge on any atom is -0.319 e. The number of amides is 1. The van der Waals surface area contributed by atoms with E-state index in [9.17, 15) is 18.0 Å². The second-order valence-corrected chi connectivity index (χ2v) is 6.14. The van der Waals surface area contributed by atoms with E-state index < -0.39 is 29.0 Å². The first-order chi connectivity index (χ1) is 8.88. The fraction of sp³-hybridized carbons (Fsp3) is 0.0833. The monoisotopic (exact) mass is 349 g/mol. The van der Waals surface area contributed by atoms with E-state index in [1.165, 1.54) is 11.3 Å². The number of thiophene rings is 1. The predicted molar refractivity (Wildman–Crippen MR) is 71.0 cm³/mol. The van der Waals surface area contributed by atoms with Crippen molar-refractivity contribution < 1.29 is 18.0 Å². The maximum atomic E-state index is 13.4. The Morgan fingerprint density at radius 2 is 1.79 bits per heavy atom. The number of anilines is 1. The molecule has 0 radical (unpaired) electrons. The molecule has 1 N–H and O–H groups in total. The average molecular weight is 350 g/mol. The second kappa shape index (κ2) is 5.34. The number of nitrogens with one attached hydrogen (secondary N) is 1. The van der Waals surface area contributed by atoms with Gasteiger partial charge in [-0.2, -0.15) is 0 Å². The van der Waals surface area contributed by atoms with Crippen molar-refractivity contribution in [1.82, 2.24) is 0 Å². The van der Waals surface area contributed by atoms with Gasteiger partial charge in [-0.05, 0) is 34.5 Å². The summed E-state index contributed by atoms with van der Waals surface area (Å²) in [6.07, 6.45) is 0. The molecule has 1 aromatic heterocycles. The predicted octanol–water partition coefficient (Wildman–Crippen LogP) is 4.49. The summed E-state index contributed by atoms with van der Waals surface area (Å²) in [7, 11) is 0. The van der Waals surface area contributed by atoms with Gasteiger partial charge in [-0.15, -0.1) is 11.3 Å². The molecule has 2 rings (SSSR count). The summed E-state index contributed by atoms with van der Waals surface area (Å²) in [5.41, 5.74) is 0.465. The van der Waals surface area contributed by atoms with E-state index in [0.29, 0.717) is 17.0 Å². The fourth-order valence-corrected chi connectivity index (χ4v) is 2.80. The van der Waals surface area contributed by atoms with Crippen molar-refractivity contribution >= 4 is 38.9 Å². The van der Waals surface area contributed by atoms with E-state index in [2.05, 4.69) is 21.2 Å². The molecule has 0 aliphatic heterocycles. The van der Waals surface area contributed by atoms with Crippen LogP contribution in [-0.2, 0) is 0 Å². The first kappa shape index (κ1) is 14.1. The van der Waals surface area contributed by atoms with Crippen molar-refractivity contribution in [2.45, 2.75) is 6.92 Å². The third-order valence-corrected chi connectivity index (χ3v) is 4.47. The van der Waals surface area contributed by atoms with Crippen LogP contribution < -0.4 is 5.32 Å². The first-order valence-corrected chi connectivity index (χ1v) is 6.71. The first-order valence-electron chi connectivity index (χ1n) is 5.10. The van der Waals surface area contributed by atoms with Crippen LogP contribution in [0.4, 0.5) is 18.9 Å². The van der Waals surface area contributed by atoms with Gasteiger partial charge >= 0.3 is 0 Å². The highest BCUT2D eigenvalue weighted by Gasteiger charge is 2.15. The molecule has 1 amide bonds. The largest absolute Gasteiger partial charge is 0.319 e. The zero-order valence-corrected chi connectivity index (χ0v) is 12.0. The van der Waals surface area contributed by atoms with Crippen molar-refractivity contribution in [3.8, 4) is 0 Å². The number of benzene rings is 1. The molecule has 0 bridgehead atoms. The van der Waals surface area contributed by atoms with Crippen LogP contribution in [-0.4, -0.2) is 5.91 Å². The molecular weight excluding hydrogens is 343 g/mol. The van der Waals surface area contributed by atoms with E-state index in [4.69, 9.17) is 0 Å². The molecule has 0 fully saturated rings. The van der Waals surface area contributed by atoms with E-state index in [-0.39, 0.29) is 0 Å². The van der Waals surface area contributed by atoms with Crippen LogP contribution >= 0.6 is 27.3 Å². The Balaban J connectivity index is 2.26. The van der Waals surface area contributed by atoms with Gasteiger partial charge in [-0.25, -0.2) is 13.2 Å². The van der Waals surface area contributed by atoms with Crippen LogP contribution in [0, 0.1) is 24.4 Å². The van der Waals surface area contributed by atoms with Crippen molar-refractivity contribution in [2.24, 2.45) is 0 Å². The summed E-state index contributed by atoms with van der Waals surface area (Å²) >= 11 is 4.43. The number of carbonyl (C=O) groups excluding carboxylic acids is 1. The summed E-state index contributed by atoms with van der Waals surface area (Å²) in [6.45, 7) is 1.80. The summed E-state index contributed by atoms with van der Waals surface area (Å²) < 4.78 is 39.9. The molecule has 0 atom stereocenters. The van der Waals surface area contributed by atoms with E-state index in [1.807, 2.05) is 0 Å². The molecule has 2 aromatic rings. The summed E-state index contributed by atoms with van der Waals surface area (Å²) in [5.74, 6) is -4.13. The molecule has 0 saturated carbocycles. The van der Waals surface area contributed by atoms with Gasteiger partial charge in [0.05, 0.1) is 14.4 Å². The molecule has 19 heavy (non-hydrogen) atoms. The Hall–Kier alpha value is -1.34. The Kier molecular flexibility index (Phi) is 3.96. The minimum absolute atomic E-state index is 0.341. The van der Waals surface area contributed by atoms with Gasteiger partial charge in [0.15, 0.2) is 11.6 Å². The molecule has 0 spiro atoms. The van der Waals surface area contributed by atoms with E-state index >= 15 is 0 Å². The lowest BCUT2D eigenvalue weighted by Gasteiger charge is -2.05. The van der Waals surface area contributed by atoms with E-state index in [1.54, 1.807) is 13.0 Å². The standard InChI is InChI=1S/C12H7BrF3NOS/c1-5-2-10(19-11(5)13)12(18)17-9-4-7(15)6(14)3-8(9)16/h2-4H,1H3,(H,17,18). The summed E-state index contributed by atoms with van der Waals surface area (Å²) in [5, 5.41) is 2.20. The van der Waals surface area contributed by atoms with Gasteiger partial charge in [0, 0.05) is 12.1 Å². The Bertz CT molecular complexity index is 637. The van der Waals surface area contributed by atoms with Crippen LogP contribution in [0.5, 0.6) is 0 Å². The van der Waals surface area contributed by atoms with Gasteiger partial charge in [0.1, 0.15) is 5.82 Å². The molecule has 7 heteroatoms. The highest BCUT2D eigenvalue weighted by molar-refractivity contribution is 9.11. The van der Waals surface area contributed by atoms with Crippen LogP contribution in [0.1, 0.15) is 15.2 Å². The smallest absolute Gasteiger partial charge is 0.265 e. The molecule has 0 unspecified atom stereocenters. The van der Waals surface area contributed by atoms with Crippen molar-refractivity contribution in [3.63, 3.8) is 0 Å². The second-order valence-electron chi connectivity index (χ2n) is 3.77. The van der Waals surface area contributed by atoms with Crippen LogP contribution in [0.15, 0.2) is 22.0 Å². The molecule has 0 aliphatic rings. The maximum absolute atomic E-state index is 13.4. The lowest BCUT2D eigenvalue weighted by atomic mass is 10.2.